The fraction of sp³-hybridized carbons (Fsp3) is 0.571. The number of hydrogen-bond acceptors (Lipinski definition) is 2. The standard InChI is InChI=1S/C14H23NS/c1-3-15(4-2)12-8-9-13-16-14-10-6-5-7-11-14/h5-7,10-11H,3-4,8-9,12-13H2,1-2H3. The molecule has 0 spiro atoms. The highest BCUT2D eigenvalue weighted by Gasteiger charge is 1.98. The average Bonchev–Trinajstić information content (AvgIpc) is 2.35. The van der Waals surface area contributed by atoms with E-state index in [2.05, 4.69) is 49.1 Å². The van der Waals surface area contributed by atoms with E-state index in [0.717, 1.165) is 0 Å². The van der Waals surface area contributed by atoms with Gasteiger partial charge in [0.2, 0.25) is 0 Å². The maximum absolute atomic E-state index is 2.49. The Morgan fingerprint density at radius 3 is 2.31 bits per heavy atom. The molecule has 90 valence electrons. The first-order valence-electron chi connectivity index (χ1n) is 6.27. The summed E-state index contributed by atoms with van der Waals surface area (Å²) in [6, 6.07) is 10.7. The van der Waals surface area contributed by atoms with Crippen LogP contribution in [0.3, 0.4) is 0 Å². The van der Waals surface area contributed by atoms with Crippen LogP contribution in [-0.4, -0.2) is 30.3 Å². The lowest BCUT2D eigenvalue weighted by atomic mass is 10.3. The van der Waals surface area contributed by atoms with Gasteiger partial charge < -0.3 is 4.90 Å². The summed E-state index contributed by atoms with van der Waals surface area (Å²) >= 11 is 1.97. The van der Waals surface area contributed by atoms with Gasteiger partial charge in [-0.25, -0.2) is 0 Å². The quantitative estimate of drug-likeness (QED) is 0.498. The van der Waals surface area contributed by atoms with Gasteiger partial charge in [0.05, 0.1) is 0 Å². The lowest BCUT2D eigenvalue weighted by Crippen LogP contribution is -2.23. The summed E-state index contributed by atoms with van der Waals surface area (Å²) in [5.74, 6) is 1.24. The molecule has 1 rings (SSSR count). The van der Waals surface area contributed by atoms with Crippen molar-refractivity contribution in [3.8, 4) is 0 Å². The van der Waals surface area contributed by atoms with Crippen LogP contribution < -0.4 is 0 Å². The van der Waals surface area contributed by atoms with E-state index in [1.165, 1.54) is 43.1 Å². The van der Waals surface area contributed by atoms with Crippen molar-refractivity contribution in [2.45, 2.75) is 31.6 Å². The molecular formula is C14H23NS. The van der Waals surface area contributed by atoms with Gasteiger partial charge >= 0.3 is 0 Å². The molecule has 0 radical (unpaired) electrons. The number of hydrogen-bond donors (Lipinski definition) is 0. The molecule has 16 heavy (non-hydrogen) atoms. The molecule has 2 heteroatoms. The largest absolute Gasteiger partial charge is 0.304 e. The molecular weight excluding hydrogens is 214 g/mol. The van der Waals surface area contributed by atoms with Crippen molar-refractivity contribution in [3.63, 3.8) is 0 Å². The fourth-order valence-electron chi connectivity index (χ4n) is 1.68. The lowest BCUT2D eigenvalue weighted by Gasteiger charge is -2.17. The highest BCUT2D eigenvalue weighted by Crippen LogP contribution is 2.18. The Hall–Kier alpha value is -0.470. The Labute approximate surface area is 104 Å². The van der Waals surface area contributed by atoms with Gasteiger partial charge in [-0.3, -0.25) is 0 Å². The minimum absolute atomic E-state index is 1.18. The van der Waals surface area contributed by atoms with Gasteiger partial charge in [-0.1, -0.05) is 32.0 Å². The summed E-state index contributed by atoms with van der Waals surface area (Å²) in [7, 11) is 0. The molecule has 0 unspecified atom stereocenters. The average molecular weight is 237 g/mol. The SMILES string of the molecule is CCN(CC)CCCCSc1ccccc1. The summed E-state index contributed by atoms with van der Waals surface area (Å²) in [5.41, 5.74) is 0. The van der Waals surface area contributed by atoms with Crippen molar-refractivity contribution in [1.82, 2.24) is 4.90 Å². The Morgan fingerprint density at radius 1 is 1.00 bits per heavy atom. The summed E-state index contributed by atoms with van der Waals surface area (Å²) < 4.78 is 0. The van der Waals surface area contributed by atoms with Crippen LogP contribution >= 0.6 is 11.8 Å². The van der Waals surface area contributed by atoms with Crippen molar-refractivity contribution >= 4 is 11.8 Å². The Kier molecular flexibility index (Phi) is 7.35. The molecule has 1 aromatic carbocycles. The topological polar surface area (TPSA) is 3.24 Å². The summed E-state index contributed by atoms with van der Waals surface area (Å²) in [4.78, 5) is 3.89. The molecule has 0 saturated carbocycles. The second-order valence-electron chi connectivity index (χ2n) is 3.90. The van der Waals surface area contributed by atoms with Gasteiger partial charge in [-0.15, -0.1) is 11.8 Å². The summed E-state index contributed by atoms with van der Waals surface area (Å²) in [5, 5.41) is 0. The van der Waals surface area contributed by atoms with Crippen LogP contribution in [-0.2, 0) is 0 Å². The Bertz CT molecular complexity index is 257. The fourth-order valence-corrected chi connectivity index (χ4v) is 2.62. The second-order valence-corrected chi connectivity index (χ2v) is 5.06. The molecule has 1 aromatic rings. The van der Waals surface area contributed by atoms with Gasteiger partial charge in [0, 0.05) is 4.90 Å². The number of unbranched alkanes of at least 4 members (excludes halogenated alkanes) is 1. The van der Waals surface area contributed by atoms with E-state index in [9.17, 15) is 0 Å². The second kappa shape index (κ2) is 8.66. The minimum atomic E-state index is 1.18. The van der Waals surface area contributed by atoms with E-state index in [-0.39, 0.29) is 0 Å². The van der Waals surface area contributed by atoms with Crippen LogP contribution in [0.2, 0.25) is 0 Å². The van der Waals surface area contributed by atoms with Gasteiger partial charge in [0.25, 0.3) is 0 Å². The molecule has 0 saturated heterocycles. The van der Waals surface area contributed by atoms with Gasteiger partial charge in [-0.05, 0) is 50.4 Å². The monoisotopic (exact) mass is 237 g/mol. The number of rotatable bonds is 8. The van der Waals surface area contributed by atoms with Crippen molar-refractivity contribution in [3.05, 3.63) is 30.3 Å². The molecule has 1 nitrogen and oxygen atoms in total. The molecule has 0 N–H and O–H groups in total. The zero-order valence-electron chi connectivity index (χ0n) is 10.5. The van der Waals surface area contributed by atoms with E-state index in [4.69, 9.17) is 0 Å². The van der Waals surface area contributed by atoms with E-state index in [1.807, 2.05) is 11.8 Å². The van der Waals surface area contributed by atoms with E-state index >= 15 is 0 Å². The van der Waals surface area contributed by atoms with Crippen LogP contribution in [0.25, 0.3) is 0 Å². The van der Waals surface area contributed by atoms with Gasteiger partial charge in [0.1, 0.15) is 0 Å². The van der Waals surface area contributed by atoms with Crippen molar-refractivity contribution in [2.75, 3.05) is 25.4 Å². The highest BCUT2D eigenvalue weighted by atomic mass is 32.2. The number of thioether (sulfide) groups is 1. The maximum Gasteiger partial charge on any atom is 0.00719 e. The number of benzene rings is 1. The predicted octanol–water partition coefficient (Wildman–Crippen LogP) is 3.90. The Morgan fingerprint density at radius 2 is 1.69 bits per heavy atom. The normalized spacial score (nSPS) is 10.9. The molecule has 0 aliphatic rings. The minimum Gasteiger partial charge on any atom is -0.304 e. The van der Waals surface area contributed by atoms with Crippen LogP contribution in [0.4, 0.5) is 0 Å². The van der Waals surface area contributed by atoms with Gasteiger partial charge in [0.15, 0.2) is 0 Å². The molecule has 0 fully saturated rings. The first kappa shape index (κ1) is 13.6. The molecule has 0 aliphatic carbocycles. The van der Waals surface area contributed by atoms with Crippen LogP contribution in [0, 0.1) is 0 Å². The van der Waals surface area contributed by atoms with E-state index in [1.54, 1.807) is 0 Å². The van der Waals surface area contributed by atoms with Crippen molar-refractivity contribution in [2.24, 2.45) is 0 Å². The maximum atomic E-state index is 2.49. The molecule has 0 bridgehead atoms. The zero-order valence-corrected chi connectivity index (χ0v) is 11.3. The lowest BCUT2D eigenvalue weighted by molar-refractivity contribution is 0.299. The third kappa shape index (κ3) is 5.57. The zero-order chi connectivity index (χ0) is 11.6. The van der Waals surface area contributed by atoms with Crippen molar-refractivity contribution < 1.29 is 0 Å². The summed E-state index contributed by atoms with van der Waals surface area (Å²) in [6.45, 7) is 8.09. The first-order valence-corrected chi connectivity index (χ1v) is 7.25. The summed E-state index contributed by atoms with van der Waals surface area (Å²) in [6.07, 6.45) is 2.64. The molecule has 0 aliphatic heterocycles. The van der Waals surface area contributed by atoms with E-state index in [0.29, 0.717) is 0 Å². The molecule has 0 amide bonds. The van der Waals surface area contributed by atoms with Crippen LogP contribution in [0.15, 0.2) is 35.2 Å². The smallest absolute Gasteiger partial charge is 0.00719 e. The number of nitrogens with zero attached hydrogens (tertiary/aromatic N) is 1. The third-order valence-electron chi connectivity index (χ3n) is 2.78. The molecule has 0 atom stereocenters. The van der Waals surface area contributed by atoms with Crippen molar-refractivity contribution in [1.29, 1.82) is 0 Å². The van der Waals surface area contributed by atoms with Gasteiger partial charge in [-0.2, -0.15) is 0 Å². The predicted molar refractivity (Wildman–Crippen MR) is 74.2 cm³/mol. The van der Waals surface area contributed by atoms with E-state index < -0.39 is 0 Å². The highest BCUT2D eigenvalue weighted by molar-refractivity contribution is 7.99. The van der Waals surface area contributed by atoms with Crippen LogP contribution in [0.1, 0.15) is 26.7 Å². The third-order valence-corrected chi connectivity index (χ3v) is 3.87. The van der Waals surface area contributed by atoms with Crippen LogP contribution in [0.5, 0.6) is 0 Å². The Balaban J connectivity index is 2.04. The molecule has 0 aromatic heterocycles. The molecule has 0 heterocycles. The first-order chi connectivity index (χ1) is 7.86.